The number of hydrogen-bond acceptors (Lipinski definition) is 5. The van der Waals surface area contributed by atoms with Gasteiger partial charge >= 0.3 is 0 Å². The highest BCUT2D eigenvalue weighted by molar-refractivity contribution is 7.98. The molecule has 0 unspecified atom stereocenters. The van der Waals surface area contributed by atoms with Crippen molar-refractivity contribution < 1.29 is 17.9 Å². The highest BCUT2D eigenvalue weighted by Crippen LogP contribution is 2.32. The Hall–Kier alpha value is -2.97. The molecule has 0 aromatic heterocycles. The third kappa shape index (κ3) is 7.26. The molecule has 186 valence electrons. The number of benzene rings is 3. The molecule has 0 radical (unpaired) electrons. The van der Waals surface area contributed by atoms with Gasteiger partial charge in [-0.3, -0.25) is 9.10 Å². The molecular formula is C27H32N2O4S2. The number of hydrogen-bond donors (Lipinski definition) is 1. The number of anilines is 1. The monoisotopic (exact) mass is 512 g/mol. The van der Waals surface area contributed by atoms with E-state index in [2.05, 4.69) is 30.4 Å². The summed E-state index contributed by atoms with van der Waals surface area (Å²) < 4.78 is 34.1. The lowest BCUT2D eigenvalue weighted by molar-refractivity contribution is -0.119. The van der Waals surface area contributed by atoms with Crippen LogP contribution in [0.5, 0.6) is 5.75 Å². The van der Waals surface area contributed by atoms with E-state index in [1.165, 1.54) is 22.9 Å². The van der Waals surface area contributed by atoms with E-state index in [0.29, 0.717) is 24.6 Å². The second-order valence-electron chi connectivity index (χ2n) is 8.03. The van der Waals surface area contributed by atoms with E-state index in [0.717, 1.165) is 22.0 Å². The Bertz CT molecular complexity index is 1230. The second-order valence-corrected chi connectivity index (χ2v) is 10.8. The highest BCUT2D eigenvalue weighted by Gasteiger charge is 2.29. The summed E-state index contributed by atoms with van der Waals surface area (Å²) in [6, 6.07) is 21.8. The molecule has 0 aliphatic rings. The van der Waals surface area contributed by atoms with E-state index in [1.54, 1.807) is 48.5 Å². The van der Waals surface area contributed by atoms with Gasteiger partial charge in [0.15, 0.2) is 0 Å². The van der Waals surface area contributed by atoms with E-state index in [9.17, 15) is 13.2 Å². The number of carbonyl (C=O) groups is 1. The average Bonchev–Trinajstić information content (AvgIpc) is 2.86. The van der Waals surface area contributed by atoms with Crippen molar-refractivity contribution in [3.63, 3.8) is 0 Å². The Morgan fingerprint density at radius 2 is 1.77 bits per heavy atom. The van der Waals surface area contributed by atoms with E-state index in [1.807, 2.05) is 19.2 Å². The summed E-state index contributed by atoms with van der Waals surface area (Å²) >= 11 is 1.53. The van der Waals surface area contributed by atoms with Gasteiger partial charge in [-0.2, -0.15) is 0 Å². The van der Waals surface area contributed by atoms with Crippen LogP contribution >= 0.6 is 11.8 Å². The molecule has 3 rings (SSSR count). The van der Waals surface area contributed by atoms with Gasteiger partial charge in [0.05, 0.1) is 17.2 Å². The molecule has 1 amide bonds. The molecule has 0 saturated heterocycles. The predicted octanol–water partition coefficient (Wildman–Crippen LogP) is 5.06. The van der Waals surface area contributed by atoms with Crippen LogP contribution in [0.1, 0.15) is 24.5 Å². The van der Waals surface area contributed by atoms with Crippen molar-refractivity contribution in [3.8, 4) is 5.75 Å². The Labute approximate surface area is 212 Å². The number of aryl methyl sites for hydroxylation is 2. The van der Waals surface area contributed by atoms with Gasteiger partial charge in [-0.25, -0.2) is 8.42 Å². The first-order valence-electron chi connectivity index (χ1n) is 11.6. The third-order valence-electron chi connectivity index (χ3n) is 5.42. The maximum absolute atomic E-state index is 13.7. The van der Waals surface area contributed by atoms with E-state index in [-0.39, 0.29) is 17.3 Å². The quantitative estimate of drug-likeness (QED) is 0.271. The van der Waals surface area contributed by atoms with Crippen LogP contribution in [0.25, 0.3) is 0 Å². The van der Waals surface area contributed by atoms with Gasteiger partial charge in [-0.05, 0) is 74.9 Å². The molecule has 0 aliphatic heterocycles. The van der Waals surface area contributed by atoms with Crippen molar-refractivity contribution in [1.29, 1.82) is 0 Å². The van der Waals surface area contributed by atoms with Gasteiger partial charge in [-0.1, -0.05) is 42.0 Å². The number of nitrogens with zero attached hydrogens (tertiary/aromatic N) is 1. The molecule has 0 saturated carbocycles. The molecule has 0 fully saturated rings. The topological polar surface area (TPSA) is 75.7 Å². The number of para-hydroxylation sites is 2. The van der Waals surface area contributed by atoms with Gasteiger partial charge in [0.1, 0.15) is 12.3 Å². The van der Waals surface area contributed by atoms with Crippen molar-refractivity contribution in [2.45, 2.75) is 36.5 Å². The smallest absolute Gasteiger partial charge is 0.264 e. The number of nitrogens with one attached hydrogen (secondary N) is 1. The number of carbonyl (C=O) groups excluding carboxylic acids is 1. The maximum atomic E-state index is 13.7. The second kappa shape index (κ2) is 12.7. The lowest BCUT2D eigenvalue weighted by Gasteiger charge is -2.26. The first kappa shape index (κ1) is 26.6. The Kier molecular flexibility index (Phi) is 9.63. The van der Waals surface area contributed by atoms with Crippen molar-refractivity contribution in [2.24, 2.45) is 0 Å². The lowest BCUT2D eigenvalue weighted by atomic mass is 10.1. The molecule has 0 heterocycles. The summed E-state index contributed by atoms with van der Waals surface area (Å²) in [7, 11) is -4.01. The van der Waals surface area contributed by atoms with Crippen LogP contribution in [-0.2, 0) is 21.2 Å². The highest BCUT2D eigenvalue weighted by atomic mass is 32.2. The number of sulfonamides is 1. The van der Waals surface area contributed by atoms with E-state index in [4.69, 9.17) is 4.74 Å². The fourth-order valence-corrected chi connectivity index (χ4v) is 5.53. The fraction of sp³-hybridized carbons (Fsp3) is 0.296. The fourth-order valence-electron chi connectivity index (χ4n) is 3.69. The molecule has 0 bridgehead atoms. The van der Waals surface area contributed by atoms with Crippen molar-refractivity contribution in [3.05, 3.63) is 83.9 Å². The SMILES string of the molecule is CCOc1ccccc1N(CC(=O)NCCCc1cccc(C)c1)S(=O)(=O)c1ccc(SC)cc1. The van der Waals surface area contributed by atoms with E-state index < -0.39 is 10.0 Å². The van der Waals surface area contributed by atoms with Crippen LogP contribution in [0.3, 0.4) is 0 Å². The number of rotatable bonds is 12. The molecule has 3 aromatic carbocycles. The summed E-state index contributed by atoms with van der Waals surface area (Å²) in [4.78, 5) is 14.0. The molecule has 0 spiro atoms. The zero-order valence-corrected chi connectivity index (χ0v) is 22.0. The van der Waals surface area contributed by atoms with Crippen molar-refractivity contribution in [1.82, 2.24) is 5.32 Å². The first-order chi connectivity index (χ1) is 16.8. The van der Waals surface area contributed by atoms with Crippen molar-refractivity contribution in [2.75, 3.05) is 30.3 Å². The molecular weight excluding hydrogens is 480 g/mol. The lowest BCUT2D eigenvalue weighted by Crippen LogP contribution is -2.41. The van der Waals surface area contributed by atoms with Crippen LogP contribution in [0.2, 0.25) is 0 Å². The Balaban J connectivity index is 1.78. The number of amides is 1. The molecule has 0 atom stereocenters. The predicted molar refractivity (Wildman–Crippen MR) is 143 cm³/mol. The van der Waals surface area contributed by atoms with Crippen LogP contribution in [-0.4, -0.2) is 40.3 Å². The average molecular weight is 513 g/mol. The standard InChI is InChI=1S/C27H32N2O4S2/c1-4-33-26-13-6-5-12-25(26)29(35(31,32)24-16-14-23(34-3)15-17-24)20-27(30)28-18-8-11-22-10-7-9-21(2)19-22/h5-7,9-10,12-17,19H,4,8,11,18,20H2,1-3H3,(H,28,30). The molecule has 1 N–H and O–H groups in total. The van der Waals surface area contributed by atoms with Gasteiger partial charge in [-0.15, -0.1) is 11.8 Å². The van der Waals surface area contributed by atoms with Crippen LogP contribution < -0.4 is 14.4 Å². The number of thioether (sulfide) groups is 1. The van der Waals surface area contributed by atoms with E-state index >= 15 is 0 Å². The van der Waals surface area contributed by atoms with Crippen molar-refractivity contribution >= 4 is 33.4 Å². The minimum absolute atomic E-state index is 0.119. The van der Waals surface area contributed by atoms with Crippen LogP contribution in [0.15, 0.2) is 82.6 Å². The largest absolute Gasteiger partial charge is 0.492 e. The normalized spacial score (nSPS) is 11.2. The molecule has 0 aliphatic carbocycles. The minimum atomic E-state index is -4.01. The Morgan fingerprint density at radius 1 is 1.03 bits per heavy atom. The number of ether oxygens (including phenoxy) is 1. The molecule has 6 nitrogen and oxygen atoms in total. The third-order valence-corrected chi connectivity index (χ3v) is 7.93. The van der Waals surface area contributed by atoms with Gasteiger partial charge in [0, 0.05) is 11.4 Å². The summed E-state index contributed by atoms with van der Waals surface area (Å²) in [6.45, 7) is 4.36. The summed E-state index contributed by atoms with van der Waals surface area (Å²) in [6.07, 6.45) is 3.52. The van der Waals surface area contributed by atoms with Crippen LogP contribution in [0.4, 0.5) is 5.69 Å². The Morgan fingerprint density at radius 3 is 2.46 bits per heavy atom. The van der Waals surface area contributed by atoms with Gasteiger partial charge < -0.3 is 10.1 Å². The van der Waals surface area contributed by atoms with Crippen LogP contribution in [0, 0.1) is 6.92 Å². The molecule has 35 heavy (non-hydrogen) atoms. The minimum Gasteiger partial charge on any atom is -0.492 e. The maximum Gasteiger partial charge on any atom is 0.264 e. The summed E-state index contributed by atoms with van der Waals surface area (Å²) in [5.41, 5.74) is 2.74. The van der Waals surface area contributed by atoms with Gasteiger partial charge in [0.25, 0.3) is 10.0 Å². The summed E-state index contributed by atoms with van der Waals surface area (Å²) in [5.74, 6) is 0.0383. The summed E-state index contributed by atoms with van der Waals surface area (Å²) in [5, 5.41) is 2.87. The molecule has 8 heteroatoms. The molecule has 3 aromatic rings. The zero-order chi connectivity index (χ0) is 25.3. The first-order valence-corrected chi connectivity index (χ1v) is 14.2. The zero-order valence-electron chi connectivity index (χ0n) is 20.4. The van der Waals surface area contributed by atoms with Gasteiger partial charge in [0.2, 0.25) is 5.91 Å².